The minimum absolute atomic E-state index is 0.148. The molecule has 2 nitrogen and oxygen atoms in total. The summed E-state index contributed by atoms with van der Waals surface area (Å²) in [6.07, 6.45) is 4.16. The molecule has 0 unspecified atom stereocenters. The van der Waals surface area contributed by atoms with E-state index >= 15 is 0 Å². The van der Waals surface area contributed by atoms with E-state index in [0.29, 0.717) is 0 Å². The highest BCUT2D eigenvalue weighted by atomic mass is 32.2. The molecule has 0 radical (unpaired) electrons. The zero-order valence-electron chi connectivity index (χ0n) is 10.6. The summed E-state index contributed by atoms with van der Waals surface area (Å²) in [5, 5.41) is 0. The maximum absolute atomic E-state index is 11.7. The van der Waals surface area contributed by atoms with Gasteiger partial charge in [-0.25, -0.2) is 4.79 Å². The molecule has 0 N–H and O–H groups in total. The standard InChI is InChI=1S/C15H18O2S/c1-17-15(16)13-9-5-6-10-14(13)18-11-12-7-3-2-4-8-12/h2-4,7-8H,5-6,9-11H2,1H3. The quantitative estimate of drug-likeness (QED) is 0.769. The summed E-state index contributed by atoms with van der Waals surface area (Å²) in [6.45, 7) is 0. The lowest BCUT2D eigenvalue weighted by molar-refractivity contribution is -0.136. The Labute approximate surface area is 112 Å². The molecule has 1 aromatic rings. The van der Waals surface area contributed by atoms with Crippen LogP contribution in [0, 0.1) is 0 Å². The first kappa shape index (κ1) is 13.2. The van der Waals surface area contributed by atoms with Crippen molar-refractivity contribution in [3.63, 3.8) is 0 Å². The average Bonchev–Trinajstić information content (AvgIpc) is 2.45. The number of rotatable bonds is 4. The lowest BCUT2D eigenvalue weighted by atomic mass is 9.99. The molecular weight excluding hydrogens is 244 g/mol. The lowest BCUT2D eigenvalue weighted by Gasteiger charge is -2.18. The summed E-state index contributed by atoms with van der Waals surface area (Å²) >= 11 is 1.78. The van der Waals surface area contributed by atoms with Gasteiger partial charge in [0.2, 0.25) is 0 Å². The van der Waals surface area contributed by atoms with Gasteiger partial charge in [-0.2, -0.15) is 0 Å². The van der Waals surface area contributed by atoms with E-state index in [0.717, 1.165) is 30.6 Å². The molecule has 1 aromatic carbocycles. The van der Waals surface area contributed by atoms with Crippen LogP contribution in [0.2, 0.25) is 0 Å². The van der Waals surface area contributed by atoms with Crippen LogP contribution in [0.5, 0.6) is 0 Å². The third-order valence-electron chi connectivity index (χ3n) is 3.10. The summed E-state index contributed by atoms with van der Waals surface area (Å²) in [5.41, 5.74) is 2.19. The molecule has 0 amide bonds. The molecule has 0 fully saturated rings. The Balaban J connectivity index is 2.05. The molecule has 96 valence electrons. The van der Waals surface area contributed by atoms with E-state index in [1.165, 1.54) is 24.0 Å². The molecule has 2 rings (SSSR count). The summed E-state index contributed by atoms with van der Waals surface area (Å²) in [5.74, 6) is 0.779. The molecule has 0 atom stereocenters. The fraction of sp³-hybridized carbons (Fsp3) is 0.400. The second kappa shape index (κ2) is 6.64. The van der Waals surface area contributed by atoms with Gasteiger partial charge in [0.1, 0.15) is 0 Å². The second-order valence-electron chi connectivity index (χ2n) is 4.37. The van der Waals surface area contributed by atoms with Crippen molar-refractivity contribution >= 4 is 17.7 Å². The molecule has 0 aliphatic heterocycles. The molecule has 18 heavy (non-hydrogen) atoms. The Bertz CT molecular complexity index is 437. The van der Waals surface area contributed by atoms with Crippen molar-refractivity contribution < 1.29 is 9.53 Å². The van der Waals surface area contributed by atoms with Crippen LogP contribution < -0.4 is 0 Å². The molecule has 1 aliphatic rings. The van der Waals surface area contributed by atoms with Crippen LogP contribution in [0.25, 0.3) is 0 Å². The Morgan fingerprint density at radius 3 is 2.67 bits per heavy atom. The fourth-order valence-corrected chi connectivity index (χ4v) is 3.30. The summed E-state index contributed by atoms with van der Waals surface area (Å²) in [4.78, 5) is 12.9. The highest BCUT2D eigenvalue weighted by Gasteiger charge is 2.19. The predicted molar refractivity (Wildman–Crippen MR) is 75.2 cm³/mol. The lowest BCUT2D eigenvalue weighted by Crippen LogP contribution is -2.10. The van der Waals surface area contributed by atoms with Gasteiger partial charge >= 0.3 is 5.97 Å². The predicted octanol–water partition coefficient (Wildman–Crippen LogP) is 3.92. The van der Waals surface area contributed by atoms with Gasteiger partial charge in [0.15, 0.2) is 0 Å². The van der Waals surface area contributed by atoms with E-state index in [9.17, 15) is 4.79 Å². The topological polar surface area (TPSA) is 26.3 Å². The number of thioether (sulfide) groups is 1. The third kappa shape index (κ3) is 3.39. The number of esters is 1. The van der Waals surface area contributed by atoms with Crippen LogP contribution in [-0.4, -0.2) is 13.1 Å². The molecule has 0 bridgehead atoms. The monoisotopic (exact) mass is 262 g/mol. The van der Waals surface area contributed by atoms with Crippen molar-refractivity contribution in [3.05, 3.63) is 46.4 Å². The first-order valence-electron chi connectivity index (χ1n) is 6.28. The van der Waals surface area contributed by atoms with Gasteiger partial charge in [-0.1, -0.05) is 30.3 Å². The number of carbonyl (C=O) groups is 1. The maximum atomic E-state index is 11.7. The van der Waals surface area contributed by atoms with E-state index in [4.69, 9.17) is 4.74 Å². The number of hydrogen-bond donors (Lipinski definition) is 0. The molecule has 0 spiro atoms. The fourth-order valence-electron chi connectivity index (χ4n) is 2.12. The van der Waals surface area contributed by atoms with E-state index in [1.54, 1.807) is 11.8 Å². The molecule has 0 aromatic heterocycles. The van der Waals surface area contributed by atoms with Gasteiger partial charge < -0.3 is 4.74 Å². The number of methoxy groups -OCH3 is 1. The van der Waals surface area contributed by atoms with Crippen LogP contribution in [-0.2, 0) is 15.3 Å². The van der Waals surface area contributed by atoms with Crippen molar-refractivity contribution in [2.24, 2.45) is 0 Å². The zero-order valence-corrected chi connectivity index (χ0v) is 11.5. The number of carbonyl (C=O) groups excluding carboxylic acids is 1. The minimum Gasteiger partial charge on any atom is -0.466 e. The Morgan fingerprint density at radius 1 is 1.22 bits per heavy atom. The van der Waals surface area contributed by atoms with Gasteiger partial charge in [-0.05, 0) is 36.2 Å². The van der Waals surface area contributed by atoms with Gasteiger partial charge in [0.05, 0.1) is 7.11 Å². The molecule has 1 aliphatic carbocycles. The van der Waals surface area contributed by atoms with Crippen LogP contribution >= 0.6 is 11.8 Å². The van der Waals surface area contributed by atoms with Crippen LogP contribution in [0.15, 0.2) is 40.8 Å². The van der Waals surface area contributed by atoms with Crippen molar-refractivity contribution in [2.75, 3.05) is 7.11 Å². The normalized spacial score (nSPS) is 15.6. The third-order valence-corrected chi connectivity index (χ3v) is 4.38. The molecule has 3 heteroatoms. The molecule has 0 saturated heterocycles. The SMILES string of the molecule is COC(=O)C1=C(SCc2ccccc2)CCCC1. The van der Waals surface area contributed by atoms with E-state index in [-0.39, 0.29) is 5.97 Å². The Kier molecular flexibility index (Phi) is 4.88. The van der Waals surface area contributed by atoms with Gasteiger partial charge in [0.25, 0.3) is 0 Å². The van der Waals surface area contributed by atoms with E-state index in [2.05, 4.69) is 12.1 Å². The van der Waals surface area contributed by atoms with Crippen molar-refractivity contribution in [2.45, 2.75) is 31.4 Å². The van der Waals surface area contributed by atoms with Gasteiger partial charge in [-0.3, -0.25) is 0 Å². The molecular formula is C15H18O2S. The maximum Gasteiger partial charge on any atom is 0.334 e. The Morgan fingerprint density at radius 2 is 1.94 bits per heavy atom. The zero-order chi connectivity index (χ0) is 12.8. The minimum atomic E-state index is -0.148. The van der Waals surface area contributed by atoms with Crippen molar-refractivity contribution in [3.8, 4) is 0 Å². The smallest absolute Gasteiger partial charge is 0.334 e. The highest BCUT2D eigenvalue weighted by Crippen LogP contribution is 2.35. The van der Waals surface area contributed by atoms with E-state index in [1.807, 2.05) is 18.2 Å². The number of ether oxygens (including phenoxy) is 1. The first-order chi connectivity index (χ1) is 8.81. The molecule has 0 heterocycles. The van der Waals surface area contributed by atoms with Gasteiger partial charge in [-0.15, -0.1) is 11.8 Å². The first-order valence-corrected chi connectivity index (χ1v) is 7.27. The van der Waals surface area contributed by atoms with Crippen LogP contribution in [0.1, 0.15) is 31.2 Å². The Hall–Kier alpha value is -1.22. The summed E-state index contributed by atoms with van der Waals surface area (Å²) < 4.78 is 4.86. The second-order valence-corrected chi connectivity index (χ2v) is 5.44. The van der Waals surface area contributed by atoms with Crippen LogP contribution in [0.4, 0.5) is 0 Å². The van der Waals surface area contributed by atoms with Gasteiger partial charge in [0, 0.05) is 11.3 Å². The molecule has 0 saturated carbocycles. The van der Waals surface area contributed by atoms with Crippen molar-refractivity contribution in [1.82, 2.24) is 0 Å². The number of allylic oxidation sites excluding steroid dienone is 1. The van der Waals surface area contributed by atoms with Crippen LogP contribution in [0.3, 0.4) is 0 Å². The van der Waals surface area contributed by atoms with E-state index < -0.39 is 0 Å². The summed E-state index contributed by atoms with van der Waals surface area (Å²) in [7, 11) is 1.46. The average molecular weight is 262 g/mol. The summed E-state index contributed by atoms with van der Waals surface area (Å²) in [6, 6.07) is 10.4. The number of hydrogen-bond acceptors (Lipinski definition) is 3. The highest BCUT2D eigenvalue weighted by molar-refractivity contribution is 8.02. The number of benzene rings is 1. The largest absolute Gasteiger partial charge is 0.466 e. The van der Waals surface area contributed by atoms with Crippen molar-refractivity contribution in [1.29, 1.82) is 0 Å².